The maximum absolute atomic E-state index is 5.63. The molecule has 2 aliphatic rings. The van der Waals surface area contributed by atoms with Crippen LogP contribution in [0.5, 0.6) is 0 Å². The molecular weight excluding hydrogens is 188 g/mol. The molecule has 0 radical (unpaired) electrons. The zero-order chi connectivity index (χ0) is 10.5. The van der Waals surface area contributed by atoms with Gasteiger partial charge in [0, 0.05) is 25.7 Å². The zero-order valence-electron chi connectivity index (χ0n) is 9.87. The number of hydrogen-bond acceptors (Lipinski definition) is 3. The Bertz CT molecular complexity index is 176. The Balaban J connectivity index is 1.45. The van der Waals surface area contributed by atoms with E-state index in [4.69, 9.17) is 4.74 Å². The third-order valence-electron chi connectivity index (χ3n) is 3.36. The lowest BCUT2D eigenvalue weighted by Crippen LogP contribution is -2.36. The first-order chi connectivity index (χ1) is 7.34. The largest absolute Gasteiger partial charge is 0.380 e. The van der Waals surface area contributed by atoms with Crippen molar-refractivity contribution in [2.45, 2.75) is 31.7 Å². The Hall–Kier alpha value is -0.120. The van der Waals surface area contributed by atoms with Crippen LogP contribution in [-0.2, 0) is 4.74 Å². The normalized spacial score (nSPS) is 26.4. The summed E-state index contributed by atoms with van der Waals surface area (Å²) < 4.78 is 5.63. The molecule has 3 heteroatoms. The molecule has 1 saturated heterocycles. The molecule has 0 aromatic rings. The highest BCUT2D eigenvalue weighted by Gasteiger charge is 2.21. The second-order valence-corrected chi connectivity index (χ2v) is 5.07. The van der Waals surface area contributed by atoms with Crippen LogP contribution in [0.4, 0.5) is 0 Å². The van der Waals surface area contributed by atoms with Crippen LogP contribution in [0.1, 0.15) is 25.7 Å². The Morgan fingerprint density at radius 2 is 2.20 bits per heavy atom. The molecule has 2 rings (SSSR count). The van der Waals surface area contributed by atoms with Gasteiger partial charge in [0.2, 0.25) is 0 Å². The highest BCUT2D eigenvalue weighted by Crippen LogP contribution is 2.28. The summed E-state index contributed by atoms with van der Waals surface area (Å²) >= 11 is 0. The third kappa shape index (κ3) is 4.49. The molecule has 88 valence electrons. The lowest BCUT2D eigenvalue weighted by Gasteiger charge is -2.20. The molecule has 1 heterocycles. The fraction of sp³-hybridized carbons (Fsp3) is 1.00. The molecule has 0 amide bonds. The summed E-state index contributed by atoms with van der Waals surface area (Å²) in [6.07, 6.45) is 5.47. The SMILES string of the molecule is CN(CCOCC1CC1)C[C@@H]1CCCN1. The average molecular weight is 212 g/mol. The van der Waals surface area contributed by atoms with E-state index >= 15 is 0 Å². The fourth-order valence-corrected chi connectivity index (χ4v) is 2.13. The van der Waals surface area contributed by atoms with E-state index in [0.29, 0.717) is 0 Å². The zero-order valence-corrected chi connectivity index (χ0v) is 9.87. The highest BCUT2D eigenvalue weighted by molar-refractivity contribution is 4.76. The van der Waals surface area contributed by atoms with Gasteiger partial charge < -0.3 is 15.0 Å². The summed E-state index contributed by atoms with van der Waals surface area (Å²) in [5.74, 6) is 0.895. The molecular formula is C12H24N2O. The molecule has 1 atom stereocenters. The molecule has 1 aliphatic carbocycles. The van der Waals surface area contributed by atoms with Crippen molar-refractivity contribution in [3.8, 4) is 0 Å². The Kier molecular flexibility index (Phi) is 4.42. The summed E-state index contributed by atoms with van der Waals surface area (Å²) in [4.78, 5) is 2.38. The van der Waals surface area contributed by atoms with Gasteiger partial charge in [-0.1, -0.05) is 0 Å². The maximum Gasteiger partial charge on any atom is 0.0593 e. The van der Waals surface area contributed by atoms with Crippen molar-refractivity contribution in [3.63, 3.8) is 0 Å². The van der Waals surface area contributed by atoms with E-state index < -0.39 is 0 Å². The van der Waals surface area contributed by atoms with Gasteiger partial charge in [0.05, 0.1) is 6.61 Å². The van der Waals surface area contributed by atoms with Gasteiger partial charge in [0.25, 0.3) is 0 Å². The van der Waals surface area contributed by atoms with E-state index in [1.165, 1.54) is 38.8 Å². The summed E-state index contributed by atoms with van der Waals surface area (Å²) in [6.45, 7) is 5.35. The van der Waals surface area contributed by atoms with Crippen LogP contribution in [0.25, 0.3) is 0 Å². The minimum Gasteiger partial charge on any atom is -0.380 e. The van der Waals surface area contributed by atoms with Gasteiger partial charge in [-0.25, -0.2) is 0 Å². The molecule has 1 saturated carbocycles. The van der Waals surface area contributed by atoms with Crippen LogP contribution in [0.3, 0.4) is 0 Å². The van der Waals surface area contributed by atoms with Crippen LogP contribution in [0.15, 0.2) is 0 Å². The van der Waals surface area contributed by atoms with Crippen molar-refractivity contribution in [2.24, 2.45) is 5.92 Å². The van der Waals surface area contributed by atoms with Gasteiger partial charge in [-0.3, -0.25) is 0 Å². The van der Waals surface area contributed by atoms with Crippen molar-refractivity contribution in [1.82, 2.24) is 10.2 Å². The summed E-state index contributed by atoms with van der Waals surface area (Å²) in [5, 5.41) is 3.52. The molecule has 0 aromatic carbocycles. The van der Waals surface area contributed by atoms with Gasteiger partial charge in [0.1, 0.15) is 0 Å². The van der Waals surface area contributed by atoms with E-state index in [1.807, 2.05) is 0 Å². The lowest BCUT2D eigenvalue weighted by atomic mass is 10.2. The number of ether oxygens (including phenoxy) is 1. The van der Waals surface area contributed by atoms with Crippen LogP contribution < -0.4 is 5.32 Å². The smallest absolute Gasteiger partial charge is 0.0593 e. The van der Waals surface area contributed by atoms with E-state index in [9.17, 15) is 0 Å². The Morgan fingerprint density at radius 1 is 1.33 bits per heavy atom. The third-order valence-corrected chi connectivity index (χ3v) is 3.36. The van der Waals surface area contributed by atoms with Crippen molar-refractivity contribution < 1.29 is 4.74 Å². The van der Waals surface area contributed by atoms with Gasteiger partial charge in [0.15, 0.2) is 0 Å². The van der Waals surface area contributed by atoms with E-state index in [0.717, 1.165) is 31.7 Å². The molecule has 0 unspecified atom stereocenters. The van der Waals surface area contributed by atoms with Crippen molar-refractivity contribution in [3.05, 3.63) is 0 Å². The van der Waals surface area contributed by atoms with Crippen LogP contribution in [0, 0.1) is 5.92 Å². The molecule has 15 heavy (non-hydrogen) atoms. The van der Waals surface area contributed by atoms with E-state index in [-0.39, 0.29) is 0 Å². The highest BCUT2D eigenvalue weighted by atomic mass is 16.5. The predicted molar refractivity (Wildman–Crippen MR) is 62.1 cm³/mol. The van der Waals surface area contributed by atoms with Crippen LogP contribution in [-0.4, -0.2) is 50.8 Å². The summed E-state index contributed by atoms with van der Waals surface area (Å²) in [6, 6.07) is 0.721. The lowest BCUT2D eigenvalue weighted by molar-refractivity contribution is 0.101. The van der Waals surface area contributed by atoms with Crippen LogP contribution >= 0.6 is 0 Å². The molecule has 2 fully saturated rings. The van der Waals surface area contributed by atoms with Gasteiger partial charge in [-0.15, -0.1) is 0 Å². The predicted octanol–water partition coefficient (Wildman–Crippen LogP) is 1.10. The number of nitrogens with one attached hydrogen (secondary N) is 1. The molecule has 0 aromatic heterocycles. The van der Waals surface area contributed by atoms with Crippen molar-refractivity contribution in [1.29, 1.82) is 0 Å². The van der Waals surface area contributed by atoms with Gasteiger partial charge in [-0.2, -0.15) is 0 Å². The standard InChI is InChI=1S/C12H24N2O/c1-14(9-12-3-2-6-13-12)7-8-15-10-11-4-5-11/h11-13H,2-10H2,1H3/t12-/m0/s1. The van der Waals surface area contributed by atoms with E-state index in [2.05, 4.69) is 17.3 Å². The Labute approximate surface area is 93.2 Å². The Morgan fingerprint density at radius 3 is 2.87 bits per heavy atom. The number of rotatable bonds is 7. The summed E-state index contributed by atoms with van der Waals surface area (Å²) in [5.41, 5.74) is 0. The second kappa shape index (κ2) is 5.83. The number of nitrogens with zero attached hydrogens (tertiary/aromatic N) is 1. The first-order valence-electron chi connectivity index (χ1n) is 6.34. The van der Waals surface area contributed by atoms with Gasteiger partial charge in [-0.05, 0) is 45.2 Å². The molecule has 1 aliphatic heterocycles. The minimum absolute atomic E-state index is 0.721. The first kappa shape index (κ1) is 11.4. The average Bonchev–Trinajstić information content (AvgIpc) is 2.91. The fourth-order valence-electron chi connectivity index (χ4n) is 2.13. The number of likely N-dealkylation sites (N-methyl/N-ethyl adjacent to an activating group) is 1. The van der Waals surface area contributed by atoms with Crippen molar-refractivity contribution in [2.75, 3.05) is 39.9 Å². The van der Waals surface area contributed by atoms with E-state index in [1.54, 1.807) is 0 Å². The van der Waals surface area contributed by atoms with Crippen molar-refractivity contribution >= 4 is 0 Å². The van der Waals surface area contributed by atoms with Crippen LogP contribution in [0.2, 0.25) is 0 Å². The maximum atomic E-state index is 5.63. The molecule has 1 N–H and O–H groups in total. The topological polar surface area (TPSA) is 24.5 Å². The molecule has 0 spiro atoms. The monoisotopic (exact) mass is 212 g/mol. The quantitative estimate of drug-likeness (QED) is 0.640. The second-order valence-electron chi connectivity index (χ2n) is 5.07. The molecule has 0 bridgehead atoms. The molecule has 3 nitrogen and oxygen atoms in total. The summed E-state index contributed by atoms with van der Waals surface area (Å²) in [7, 11) is 2.19. The number of hydrogen-bond donors (Lipinski definition) is 1. The first-order valence-corrected chi connectivity index (χ1v) is 6.34. The minimum atomic E-state index is 0.721. The van der Waals surface area contributed by atoms with Gasteiger partial charge >= 0.3 is 0 Å².